The van der Waals surface area contributed by atoms with Crippen LogP contribution >= 0.6 is 0 Å². The maximum Gasteiger partial charge on any atom is 0.252 e. The van der Waals surface area contributed by atoms with E-state index in [4.69, 9.17) is 0 Å². The van der Waals surface area contributed by atoms with Crippen molar-refractivity contribution < 1.29 is 4.79 Å². The number of amides is 1. The van der Waals surface area contributed by atoms with Crippen molar-refractivity contribution in [1.29, 1.82) is 0 Å². The van der Waals surface area contributed by atoms with Crippen molar-refractivity contribution in [3.05, 3.63) is 23.4 Å². The van der Waals surface area contributed by atoms with Crippen molar-refractivity contribution in [2.45, 2.75) is 27.2 Å². The third-order valence-electron chi connectivity index (χ3n) is 2.11. The van der Waals surface area contributed by atoms with Crippen LogP contribution in [0.1, 0.15) is 26.0 Å². The standard InChI is InChI=1S/C11H17N3O/c1-5-6-8(2)11(15)12-10-7-9(3)13-14(10)4/h6-7H,5H2,1-4H3,(H,12,15). The van der Waals surface area contributed by atoms with E-state index < -0.39 is 0 Å². The molecule has 15 heavy (non-hydrogen) atoms. The first-order valence-electron chi connectivity index (χ1n) is 5.03. The molecule has 0 fully saturated rings. The largest absolute Gasteiger partial charge is 0.307 e. The van der Waals surface area contributed by atoms with Crippen molar-refractivity contribution in [3.8, 4) is 0 Å². The molecule has 0 spiro atoms. The molecular weight excluding hydrogens is 190 g/mol. The number of carbonyl (C=O) groups is 1. The Hall–Kier alpha value is -1.58. The van der Waals surface area contributed by atoms with E-state index in [-0.39, 0.29) is 5.91 Å². The molecule has 4 heteroatoms. The van der Waals surface area contributed by atoms with Crippen molar-refractivity contribution in [3.63, 3.8) is 0 Å². The smallest absolute Gasteiger partial charge is 0.252 e. The van der Waals surface area contributed by atoms with Crippen LogP contribution in [0, 0.1) is 6.92 Å². The Bertz CT molecular complexity index is 391. The van der Waals surface area contributed by atoms with Crippen LogP contribution in [-0.2, 0) is 11.8 Å². The minimum absolute atomic E-state index is 0.0696. The zero-order chi connectivity index (χ0) is 11.4. The predicted molar refractivity (Wildman–Crippen MR) is 60.6 cm³/mol. The summed E-state index contributed by atoms with van der Waals surface area (Å²) in [6, 6.07) is 1.84. The number of allylic oxidation sites excluding steroid dienone is 1. The monoisotopic (exact) mass is 207 g/mol. The summed E-state index contributed by atoms with van der Waals surface area (Å²) in [6.45, 7) is 5.71. The van der Waals surface area contributed by atoms with Crippen LogP contribution < -0.4 is 5.32 Å². The lowest BCUT2D eigenvalue weighted by molar-refractivity contribution is -0.112. The molecule has 0 atom stereocenters. The molecule has 1 amide bonds. The van der Waals surface area contributed by atoms with Gasteiger partial charge in [0, 0.05) is 18.7 Å². The third kappa shape index (κ3) is 2.94. The normalized spacial score (nSPS) is 11.6. The fraction of sp³-hybridized carbons (Fsp3) is 0.455. The molecule has 4 nitrogen and oxygen atoms in total. The van der Waals surface area contributed by atoms with Crippen LogP contribution in [0.2, 0.25) is 0 Å². The minimum Gasteiger partial charge on any atom is -0.307 e. The van der Waals surface area contributed by atoms with Crippen LogP contribution in [0.3, 0.4) is 0 Å². The van der Waals surface area contributed by atoms with Gasteiger partial charge in [-0.15, -0.1) is 0 Å². The summed E-state index contributed by atoms with van der Waals surface area (Å²) in [4.78, 5) is 11.6. The Morgan fingerprint density at radius 1 is 1.67 bits per heavy atom. The van der Waals surface area contributed by atoms with Crippen molar-refractivity contribution in [1.82, 2.24) is 9.78 Å². The maximum absolute atomic E-state index is 11.6. The number of carbonyl (C=O) groups excluding carboxylic acids is 1. The Kier molecular flexibility index (Phi) is 3.66. The molecular formula is C11H17N3O. The first kappa shape index (κ1) is 11.5. The summed E-state index contributed by atoms with van der Waals surface area (Å²) in [6.07, 6.45) is 2.77. The third-order valence-corrected chi connectivity index (χ3v) is 2.11. The molecule has 1 N–H and O–H groups in total. The number of aromatic nitrogens is 2. The second kappa shape index (κ2) is 4.77. The number of nitrogens with one attached hydrogen (secondary N) is 1. The van der Waals surface area contributed by atoms with E-state index in [9.17, 15) is 4.79 Å². The predicted octanol–water partition coefficient (Wildman–Crippen LogP) is 2.02. The highest BCUT2D eigenvalue weighted by molar-refractivity contribution is 6.02. The molecule has 0 bridgehead atoms. The fourth-order valence-electron chi connectivity index (χ4n) is 1.34. The molecule has 0 aliphatic heterocycles. The molecule has 82 valence electrons. The summed E-state index contributed by atoms with van der Waals surface area (Å²) in [7, 11) is 1.81. The lowest BCUT2D eigenvalue weighted by atomic mass is 10.2. The lowest BCUT2D eigenvalue weighted by Gasteiger charge is -2.04. The van der Waals surface area contributed by atoms with E-state index in [1.807, 2.05) is 40.0 Å². The van der Waals surface area contributed by atoms with Crippen LogP contribution in [0.15, 0.2) is 17.7 Å². The van der Waals surface area contributed by atoms with E-state index in [0.29, 0.717) is 0 Å². The summed E-state index contributed by atoms with van der Waals surface area (Å²) in [5.74, 6) is 0.654. The van der Waals surface area contributed by atoms with E-state index in [0.717, 1.165) is 23.5 Å². The first-order chi connectivity index (χ1) is 7.04. The summed E-state index contributed by atoms with van der Waals surface area (Å²) in [5.41, 5.74) is 1.63. The van der Waals surface area contributed by atoms with Gasteiger partial charge in [-0.3, -0.25) is 9.48 Å². The molecule has 1 heterocycles. The Morgan fingerprint density at radius 2 is 2.33 bits per heavy atom. The van der Waals surface area contributed by atoms with Gasteiger partial charge >= 0.3 is 0 Å². The Balaban J connectivity index is 2.74. The van der Waals surface area contributed by atoms with Crippen molar-refractivity contribution in [2.75, 3.05) is 5.32 Å². The van der Waals surface area contributed by atoms with Crippen LogP contribution in [-0.4, -0.2) is 15.7 Å². The molecule has 0 radical (unpaired) electrons. The van der Waals surface area contributed by atoms with E-state index >= 15 is 0 Å². The minimum atomic E-state index is -0.0696. The van der Waals surface area contributed by atoms with Gasteiger partial charge in [-0.2, -0.15) is 5.10 Å². The molecule has 0 unspecified atom stereocenters. The molecule has 1 aromatic heterocycles. The van der Waals surface area contributed by atoms with Gasteiger partial charge in [-0.25, -0.2) is 0 Å². The van der Waals surface area contributed by atoms with Crippen LogP contribution in [0.4, 0.5) is 5.82 Å². The van der Waals surface area contributed by atoms with Crippen molar-refractivity contribution in [2.24, 2.45) is 7.05 Å². The average Bonchev–Trinajstić information content (AvgIpc) is 2.45. The van der Waals surface area contributed by atoms with Gasteiger partial charge in [0.25, 0.3) is 5.91 Å². The Morgan fingerprint density at radius 3 is 2.80 bits per heavy atom. The zero-order valence-electron chi connectivity index (χ0n) is 9.66. The highest BCUT2D eigenvalue weighted by Gasteiger charge is 2.07. The molecule has 1 aromatic rings. The average molecular weight is 207 g/mol. The quantitative estimate of drug-likeness (QED) is 0.771. The number of rotatable bonds is 3. The van der Waals surface area contributed by atoms with E-state index in [1.54, 1.807) is 4.68 Å². The molecule has 0 aliphatic carbocycles. The van der Waals surface area contributed by atoms with E-state index in [1.165, 1.54) is 0 Å². The number of hydrogen-bond acceptors (Lipinski definition) is 2. The van der Waals surface area contributed by atoms with E-state index in [2.05, 4.69) is 10.4 Å². The zero-order valence-corrected chi connectivity index (χ0v) is 9.66. The molecule has 0 aromatic carbocycles. The van der Waals surface area contributed by atoms with Gasteiger partial charge in [-0.1, -0.05) is 13.0 Å². The molecule has 1 rings (SSSR count). The molecule has 0 aliphatic rings. The van der Waals surface area contributed by atoms with Crippen LogP contribution in [0.5, 0.6) is 0 Å². The van der Waals surface area contributed by atoms with Crippen molar-refractivity contribution >= 4 is 11.7 Å². The van der Waals surface area contributed by atoms with Gasteiger partial charge in [0.15, 0.2) is 0 Å². The van der Waals surface area contributed by atoms with Gasteiger partial charge < -0.3 is 5.32 Å². The molecule has 0 saturated heterocycles. The highest BCUT2D eigenvalue weighted by atomic mass is 16.1. The maximum atomic E-state index is 11.6. The molecule has 0 saturated carbocycles. The summed E-state index contributed by atoms with van der Waals surface area (Å²) < 4.78 is 1.66. The lowest BCUT2D eigenvalue weighted by Crippen LogP contribution is -2.15. The number of aryl methyl sites for hydroxylation is 2. The van der Waals surface area contributed by atoms with Crippen LogP contribution in [0.25, 0.3) is 0 Å². The first-order valence-corrected chi connectivity index (χ1v) is 5.03. The van der Waals surface area contributed by atoms with Gasteiger partial charge in [-0.05, 0) is 20.3 Å². The fourth-order valence-corrected chi connectivity index (χ4v) is 1.34. The second-order valence-electron chi connectivity index (χ2n) is 3.54. The summed E-state index contributed by atoms with van der Waals surface area (Å²) in [5, 5.41) is 6.96. The SMILES string of the molecule is CCC=C(C)C(=O)Nc1cc(C)nn1C. The highest BCUT2D eigenvalue weighted by Crippen LogP contribution is 2.09. The van der Waals surface area contributed by atoms with Gasteiger partial charge in [0.2, 0.25) is 0 Å². The number of nitrogens with zero attached hydrogens (tertiary/aromatic N) is 2. The van der Waals surface area contributed by atoms with Gasteiger partial charge in [0.05, 0.1) is 5.69 Å². The summed E-state index contributed by atoms with van der Waals surface area (Å²) >= 11 is 0. The number of hydrogen-bond donors (Lipinski definition) is 1. The number of anilines is 1. The van der Waals surface area contributed by atoms with Gasteiger partial charge in [0.1, 0.15) is 5.82 Å². The second-order valence-corrected chi connectivity index (χ2v) is 3.54. The Labute approximate surface area is 90.0 Å². The topological polar surface area (TPSA) is 46.9 Å².